The van der Waals surface area contributed by atoms with Crippen molar-refractivity contribution in [2.75, 3.05) is 31.6 Å². The monoisotopic (exact) mass is 952 g/mol. The number of Topliss-reactive ketones (excluding diaryl/α,β-unsaturated/α-hetero) is 2. The molecule has 2 atom stereocenters. The highest BCUT2D eigenvalue weighted by molar-refractivity contribution is 7.99. The highest BCUT2D eigenvalue weighted by Gasteiger charge is 2.18. The average molecular weight is 953 g/mol. The number of unbranched alkanes of at least 4 members (excludes halogenated alkanes) is 12. The molecule has 0 saturated carbocycles. The van der Waals surface area contributed by atoms with Crippen molar-refractivity contribution in [3.63, 3.8) is 0 Å². The number of allylic oxidation sites excluding steroid dienone is 3. The van der Waals surface area contributed by atoms with Crippen molar-refractivity contribution in [1.82, 2.24) is 4.90 Å². The van der Waals surface area contributed by atoms with Crippen molar-refractivity contribution < 1.29 is 9.59 Å². The van der Waals surface area contributed by atoms with Gasteiger partial charge in [0.1, 0.15) is 11.6 Å². The zero-order chi connectivity index (χ0) is 51.3. The summed E-state index contributed by atoms with van der Waals surface area (Å²) in [5.41, 5.74) is 3.16. The Morgan fingerprint density at radius 3 is 1.36 bits per heavy atom. The Balaban J connectivity index is -0.000000319. The Kier molecular flexibility index (Phi) is 82.1. The number of ketones is 2. The van der Waals surface area contributed by atoms with E-state index >= 15 is 0 Å². The van der Waals surface area contributed by atoms with Gasteiger partial charge in [-0.3, -0.25) is 4.79 Å². The number of nitrogens with zero attached hydrogens (tertiary/aromatic N) is 1. The largest absolute Gasteiger partial charge is 0.306 e. The van der Waals surface area contributed by atoms with Crippen molar-refractivity contribution in [3.05, 3.63) is 23.8 Å². The number of rotatable bonds is 41. The lowest BCUT2D eigenvalue weighted by atomic mass is 9.86. The molecule has 0 aromatic carbocycles. The summed E-state index contributed by atoms with van der Waals surface area (Å²) in [5, 5.41) is 0. The van der Waals surface area contributed by atoms with Gasteiger partial charge >= 0.3 is 0 Å². The van der Waals surface area contributed by atoms with Crippen molar-refractivity contribution in [3.8, 4) is 0 Å². The molecule has 0 aromatic rings. The summed E-state index contributed by atoms with van der Waals surface area (Å²) in [6.45, 7) is 39.3. The topological polar surface area (TPSA) is 37.4 Å². The predicted octanol–water partition coefficient (Wildman–Crippen LogP) is 22.0. The quantitative estimate of drug-likeness (QED) is 0.0452. The first-order valence-corrected chi connectivity index (χ1v) is 30.7. The second-order valence-electron chi connectivity index (χ2n) is 19.0. The Morgan fingerprint density at radius 1 is 0.470 bits per heavy atom. The molecule has 0 aliphatic carbocycles. The fraction of sp³-hybridized carbons (Fsp3) is 0.903. The van der Waals surface area contributed by atoms with Gasteiger partial charge in [-0.15, -0.1) is 0 Å². The van der Waals surface area contributed by atoms with Crippen LogP contribution in [0.2, 0.25) is 0 Å². The van der Waals surface area contributed by atoms with Gasteiger partial charge in [0.15, 0.2) is 0 Å². The van der Waals surface area contributed by atoms with Crippen LogP contribution in [0.25, 0.3) is 0 Å². The van der Waals surface area contributed by atoms with Crippen LogP contribution in [0.1, 0.15) is 322 Å². The molecule has 0 bridgehead atoms. The van der Waals surface area contributed by atoms with E-state index in [1.54, 1.807) is 12.5 Å². The molecule has 0 amide bonds. The Hall–Kier alpha value is -0.870. The molecule has 0 radical (unpaired) electrons. The van der Waals surface area contributed by atoms with Crippen LogP contribution in [0.3, 0.4) is 0 Å². The van der Waals surface area contributed by atoms with Crippen LogP contribution in [0.5, 0.6) is 0 Å². The maximum absolute atomic E-state index is 13.2. The first-order valence-electron chi connectivity index (χ1n) is 29.6. The van der Waals surface area contributed by atoms with Gasteiger partial charge in [-0.05, 0) is 154 Å². The molecule has 0 aliphatic rings. The van der Waals surface area contributed by atoms with E-state index < -0.39 is 0 Å². The number of thioether (sulfide) groups is 1. The highest BCUT2D eigenvalue weighted by Crippen LogP contribution is 2.28. The van der Waals surface area contributed by atoms with Gasteiger partial charge in [-0.1, -0.05) is 217 Å². The minimum absolute atomic E-state index is 0.270. The first-order chi connectivity index (χ1) is 31.9. The van der Waals surface area contributed by atoms with Gasteiger partial charge in [-0.25, -0.2) is 0 Å². The molecule has 4 heteroatoms. The minimum Gasteiger partial charge on any atom is -0.306 e. The van der Waals surface area contributed by atoms with Gasteiger partial charge < -0.3 is 9.69 Å². The van der Waals surface area contributed by atoms with Crippen LogP contribution in [0.4, 0.5) is 0 Å². The Morgan fingerprint density at radius 2 is 0.894 bits per heavy atom. The number of carbonyl (C=O) groups excluding carboxylic acids is 2. The lowest BCUT2D eigenvalue weighted by molar-refractivity contribution is -0.123. The minimum atomic E-state index is 0.270. The smallest absolute Gasteiger partial charge is 0.135 e. The SMILES string of the molecule is C=C(CCCCC)C(CCC)CCCC/C(=C\CCC)CCCC(CCCCC)C(=O)CCCCSCCCCC(C)=O.CC.CCC.CCCC.CCCCCC.CCCN(C)CCC. The summed E-state index contributed by atoms with van der Waals surface area (Å²) in [4.78, 5) is 26.6. The fourth-order valence-corrected chi connectivity index (χ4v) is 8.59. The van der Waals surface area contributed by atoms with E-state index in [-0.39, 0.29) is 5.92 Å². The summed E-state index contributed by atoms with van der Waals surface area (Å²) < 4.78 is 0. The Labute approximate surface area is 425 Å². The van der Waals surface area contributed by atoms with E-state index in [4.69, 9.17) is 0 Å². The van der Waals surface area contributed by atoms with E-state index in [9.17, 15) is 9.59 Å². The lowest BCUT2D eigenvalue weighted by Gasteiger charge is -2.19. The van der Waals surface area contributed by atoms with Crippen LogP contribution in [-0.4, -0.2) is 48.1 Å². The fourth-order valence-electron chi connectivity index (χ4n) is 7.57. The number of hydrogen-bond acceptors (Lipinski definition) is 4. The first kappa shape index (κ1) is 76.6. The second-order valence-corrected chi connectivity index (χ2v) is 20.2. The van der Waals surface area contributed by atoms with Crippen LogP contribution in [0.15, 0.2) is 23.8 Å². The number of carbonyl (C=O) groups is 2. The van der Waals surface area contributed by atoms with Crippen molar-refractivity contribution in [1.29, 1.82) is 0 Å². The number of hydrogen-bond donors (Lipinski definition) is 0. The molecule has 0 N–H and O–H groups in total. The van der Waals surface area contributed by atoms with Gasteiger partial charge in [0.25, 0.3) is 0 Å². The Bertz CT molecular complexity index is 917. The molecule has 400 valence electrons. The van der Waals surface area contributed by atoms with Gasteiger partial charge in [0.05, 0.1) is 0 Å². The molecule has 0 aliphatic heterocycles. The molecular weight excluding hydrogens is 823 g/mol. The molecule has 0 saturated heterocycles. The van der Waals surface area contributed by atoms with Gasteiger partial charge in [0.2, 0.25) is 0 Å². The molecule has 0 spiro atoms. The maximum Gasteiger partial charge on any atom is 0.135 e. The van der Waals surface area contributed by atoms with Crippen LogP contribution >= 0.6 is 11.8 Å². The molecule has 3 nitrogen and oxygen atoms in total. The molecule has 0 rings (SSSR count). The molecule has 66 heavy (non-hydrogen) atoms. The zero-order valence-electron chi connectivity index (χ0n) is 49.0. The summed E-state index contributed by atoms with van der Waals surface area (Å²) in [6.07, 6.45) is 43.8. The van der Waals surface area contributed by atoms with Gasteiger partial charge in [0, 0.05) is 18.8 Å². The van der Waals surface area contributed by atoms with Crippen molar-refractivity contribution in [2.45, 2.75) is 322 Å². The van der Waals surface area contributed by atoms with Gasteiger partial charge in [-0.2, -0.15) is 11.8 Å². The predicted molar refractivity (Wildman–Crippen MR) is 311 cm³/mol. The summed E-state index contributed by atoms with van der Waals surface area (Å²) >= 11 is 1.99. The summed E-state index contributed by atoms with van der Waals surface area (Å²) in [7, 11) is 2.17. The zero-order valence-corrected chi connectivity index (χ0v) is 49.8. The maximum atomic E-state index is 13.2. The summed E-state index contributed by atoms with van der Waals surface area (Å²) in [5.74, 6) is 4.11. The standard InChI is InChI=1S/C40H74O2S.C7H17N.C6H14.C4H10.C3H8.C2H6/c1-7-11-14-24-35(5)38(23-10-4)29-17-16-27-37(26-13-9-3)28-22-31-39(30-15-12-8-2)40(42)32-19-21-34-43-33-20-18-25-36(6)41;1-4-6-8(3)7-5-2;1-3-5-6-4-2;1-3-4-2;1-3-2;1-2/h26,38-39H,5,7-25,27-34H2,1-4,6H3;4-7H2,1-3H3;3-6H2,1-2H3;3-4H2,1-2H3;3H2,1-2H3;1-2H3/b37-26+;;;;;. The van der Waals surface area contributed by atoms with Crippen molar-refractivity contribution >= 4 is 23.3 Å². The lowest BCUT2D eigenvalue weighted by Crippen LogP contribution is -2.19. The summed E-state index contributed by atoms with van der Waals surface area (Å²) in [6, 6.07) is 0. The van der Waals surface area contributed by atoms with E-state index in [0.29, 0.717) is 11.6 Å². The van der Waals surface area contributed by atoms with Crippen LogP contribution < -0.4 is 0 Å². The molecular formula is C62H129NO2S. The molecule has 0 fully saturated rings. The third-order valence-electron chi connectivity index (χ3n) is 11.7. The normalized spacial score (nSPS) is 11.6. The molecule has 0 heterocycles. The van der Waals surface area contributed by atoms with Crippen LogP contribution in [-0.2, 0) is 9.59 Å². The highest BCUT2D eigenvalue weighted by atomic mass is 32.2. The van der Waals surface area contributed by atoms with E-state index in [1.807, 2.05) is 25.6 Å². The molecule has 2 unspecified atom stereocenters. The second kappa shape index (κ2) is 70.7. The third-order valence-corrected chi connectivity index (χ3v) is 12.9. The van der Waals surface area contributed by atoms with E-state index in [2.05, 4.69) is 108 Å². The van der Waals surface area contributed by atoms with E-state index in [1.165, 1.54) is 186 Å². The van der Waals surface area contributed by atoms with E-state index in [0.717, 1.165) is 68.8 Å². The third kappa shape index (κ3) is 69.7. The average Bonchev–Trinajstić information content (AvgIpc) is 3.31. The molecule has 0 aromatic heterocycles. The van der Waals surface area contributed by atoms with Crippen LogP contribution in [0, 0.1) is 11.8 Å². The van der Waals surface area contributed by atoms with Crippen molar-refractivity contribution in [2.24, 2.45) is 11.8 Å².